The normalized spacial score (nSPS) is 18.8. The van der Waals surface area contributed by atoms with E-state index in [1.807, 2.05) is 0 Å². The molecule has 0 bridgehead atoms. The fraction of sp³-hybridized carbons (Fsp3) is 0.500. The molecule has 1 aromatic carbocycles. The van der Waals surface area contributed by atoms with Crippen LogP contribution in [0.2, 0.25) is 0 Å². The fourth-order valence-corrected chi connectivity index (χ4v) is 2.57. The first-order valence-electron chi connectivity index (χ1n) is 9.93. The predicted molar refractivity (Wildman–Crippen MR) is 113 cm³/mol. The average molecular weight is 470 g/mol. The van der Waals surface area contributed by atoms with Crippen molar-refractivity contribution in [1.29, 1.82) is 0 Å². The van der Waals surface area contributed by atoms with E-state index in [0.717, 1.165) is 25.7 Å². The second-order valence-electron chi connectivity index (χ2n) is 6.90. The van der Waals surface area contributed by atoms with Crippen LogP contribution in [0.3, 0.4) is 0 Å². The summed E-state index contributed by atoms with van der Waals surface area (Å²) < 4.78 is 21.8. The van der Waals surface area contributed by atoms with Crippen LogP contribution in [0.4, 0.5) is 0 Å². The molecule has 0 radical (unpaired) electrons. The Hall–Kier alpha value is -3.31. The Labute approximate surface area is 191 Å². The van der Waals surface area contributed by atoms with E-state index in [9.17, 15) is 14.4 Å². The Balaban J connectivity index is 0.00000111. The third kappa shape index (κ3) is 17.0. The molecular weight excluding hydrogens is 440 g/mol. The molecule has 1 saturated heterocycles. The first kappa shape index (κ1) is 29.7. The van der Waals surface area contributed by atoms with E-state index in [0.29, 0.717) is 18.4 Å². The standard InChI is InChI=1S/C18H22O7.2C2H4O2/c1-12(20)22-11-17-7-16(24-13(2)21)8-18(25-17)23-10-15-5-3-14(9-19)4-6-15;2*1-2(3)4/h3-6,9,16-18H,7-8,10-11H2,1-2H3;2*1H3,(H,3,4). The van der Waals surface area contributed by atoms with Gasteiger partial charge in [-0.1, -0.05) is 24.3 Å². The maximum atomic E-state index is 11.2. The lowest BCUT2D eigenvalue weighted by molar-refractivity contribution is -0.233. The summed E-state index contributed by atoms with van der Waals surface area (Å²) in [5.41, 5.74) is 1.48. The Morgan fingerprint density at radius 3 is 1.97 bits per heavy atom. The molecule has 1 heterocycles. The molecule has 11 nitrogen and oxygen atoms in total. The van der Waals surface area contributed by atoms with Gasteiger partial charge < -0.3 is 29.2 Å². The van der Waals surface area contributed by atoms with Crippen LogP contribution in [0.1, 0.15) is 56.5 Å². The molecule has 0 saturated carbocycles. The lowest BCUT2D eigenvalue weighted by atomic mass is 10.1. The number of rotatable bonds is 7. The molecule has 33 heavy (non-hydrogen) atoms. The Morgan fingerprint density at radius 1 is 0.970 bits per heavy atom. The molecule has 0 spiro atoms. The number of benzene rings is 1. The number of hydrogen-bond acceptors (Lipinski definition) is 9. The molecule has 3 atom stereocenters. The number of hydrogen-bond donors (Lipinski definition) is 2. The number of carboxylic acids is 2. The monoisotopic (exact) mass is 470 g/mol. The average Bonchev–Trinajstić information content (AvgIpc) is 2.70. The maximum absolute atomic E-state index is 11.2. The van der Waals surface area contributed by atoms with E-state index < -0.39 is 30.3 Å². The lowest BCUT2D eigenvalue weighted by Crippen LogP contribution is -2.41. The smallest absolute Gasteiger partial charge is 0.302 e. The summed E-state index contributed by atoms with van der Waals surface area (Å²) in [5, 5.41) is 14.8. The number of esters is 2. The van der Waals surface area contributed by atoms with Crippen LogP contribution in [0.25, 0.3) is 0 Å². The minimum atomic E-state index is -0.833. The van der Waals surface area contributed by atoms with Crippen molar-refractivity contribution < 1.29 is 53.1 Å². The van der Waals surface area contributed by atoms with Gasteiger partial charge in [-0.15, -0.1) is 0 Å². The third-order valence-corrected chi connectivity index (χ3v) is 3.68. The Kier molecular flexibility index (Phi) is 14.7. The van der Waals surface area contributed by atoms with Crippen LogP contribution >= 0.6 is 0 Å². The van der Waals surface area contributed by atoms with Crippen LogP contribution in [-0.4, -0.2) is 65.5 Å². The summed E-state index contributed by atoms with van der Waals surface area (Å²) in [6.07, 6.45) is 0.296. The highest BCUT2D eigenvalue weighted by Gasteiger charge is 2.32. The molecule has 11 heteroatoms. The van der Waals surface area contributed by atoms with Gasteiger partial charge in [-0.05, 0) is 5.56 Å². The first-order valence-corrected chi connectivity index (χ1v) is 9.93. The summed E-state index contributed by atoms with van der Waals surface area (Å²) in [6.45, 7) is 5.21. The Bertz CT molecular complexity index is 753. The van der Waals surface area contributed by atoms with E-state index in [1.54, 1.807) is 24.3 Å². The van der Waals surface area contributed by atoms with Crippen molar-refractivity contribution >= 4 is 30.2 Å². The van der Waals surface area contributed by atoms with Gasteiger partial charge >= 0.3 is 11.9 Å². The zero-order valence-electron chi connectivity index (χ0n) is 19.0. The zero-order valence-corrected chi connectivity index (χ0v) is 19.0. The minimum absolute atomic E-state index is 0.0843. The van der Waals surface area contributed by atoms with Crippen molar-refractivity contribution in [2.45, 2.75) is 65.6 Å². The van der Waals surface area contributed by atoms with Crippen LogP contribution in [0, 0.1) is 0 Å². The van der Waals surface area contributed by atoms with Gasteiger partial charge in [-0.2, -0.15) is 0 Å². The van der Waals surface area contributed by atoms with Crippen LogP contribution in [0.5, 0.6) is 0 Å². The summed E-state index contributed by atoms with van der Waals surface area (Å²) in [7, 11) is 0. The first-order chi connectivity index (χ1) is 15.4. The summed E-state index contributed by atoms with van der Waals surface area (Å²) in [6, 6.07) is 7.01. The Morgan fingerprint density at radius 2 is 1.52 bits per heavy atom. The molecule has 1 aromatic rings. The number of aliphatic carboxylic acids is 2. The van der Waals surface area contributed by atoms with E-state index in [2.05, 4.69) is 0 Å². The van der Waals surface area contributed by atoms with Gasteiger partial charge in [0.05, 0.1) is 12.7 Å². The third-order valence-electron chi connectivity index (χ3n) is 3.68. The molecule has 0 aliphatic carbocycles. The molecular formula is C22H30O11. The SMILES string of the molecule is CC(=O)O.CC(=O)O.CC(=O)OCC1CC(OC(C)=O)CC(OCc2ccc(C=O)cc2)O1. The van der Waals surface area contributed by atoms with Crippen molar-refractivity contribution in [3.8, 4) is 0 Å². The molecule has 1 aliphatic rings. The van der Waals surface area contributed by atoms with Gasteiger partial charge in [0, 0.05) is 46.1 Å². The van der Waals surface area contributed by atoms with Gasteiger partial charge in [-0.25, -0.2) is 0 Å². The van der Waals surface area contributed by atoms with Crippen molar-refractivity contribution in [3.05, 3.63) is 35.4 Å². The van der Waals surface area contributed by atoms with Crippen molar-refractivity contribution in [2.24, 2.45) is 0 Å². The van der Waals surface area contributed by atoms with E-state index in [1.165, 1.54) is 13.8 Å². The largest absolute Gasteiger partial charge is 0.481 e. The minimum Gasteiger partial charge on any atom is -0.481 e. The second-order valence-corrected chi connectivity index (χ2v) is 6.90. The molecule has 1 fully saturated rings. The zero-order chi connectivity index (χ0) is 25.4. The molecule has 0 amide bonds. The molecule has 1 aliphatic heterocycles. The van der Waals surface area contributed by atoms with Crippen LogP contribution in [-0.2, 0) is 44.7 Å². The highest BCUT2D eigenvalue weighted by molar-refractivity contribution is 5.74. The molecule has 2 N–H and O–H groups in total. The highest BCUT2D eigenvalue weighted by atomic mass is 16.7. The number of ether oxygens (including phenoxy) is 4. The predicted octanol–water partition coefficient (Wildman–Crippen LogP) is 2.20. The fourth-order valence-electron chi connectivity index (χ4n) is 2.57. The molecule has 0 aromatic heterocycles. The molecule has 184 valence electrons. The summed E-state index contributed by atoms with van der Waals surface area (Å²) >= 11 is 0. The van der Waals surface area contributed by atoms with Gasteiger partial charge in [-0.3, -0.25) is 24.0 Å². The van der Waals surface area contributed by atoms with Crippen LogP contribution in [0.15, 0.2) is 24.3 Å². The van der Waals surface area contributed by atoms with E-state index >= 15 is 0 Å². The number of carbonyl (C=O) groups is 5. The highest BCUT2D eigenvalue weighted by Crippen LogP contribution is 2.24. The van der Waals surface area contributed by atoms with Crippen LogP contribution < -0.4 is 0 Å². The quantitative estimate of drug-likeness (QED) is 0.443. The van der Waals surface area contributed by atoms with Gasteiger partial charge in [0.2, 0.25) is 0 Å². The number of carbonyl (C=O) groups excluding carboxylic acids is 3. The lowest BCUT2D eigenvalue weighted by Gasteiger charge is -2.34. The number of aldehydes is 1. The van der Waals surface area contributed by atoms with E-state index in [-0.39, 0.29) is 25.3 Å². The molecule has 3 unspecified atom stereocenters. The van der Waals surface area contributed by atoms with Gasteiger partial charge in [0.1, 0.15) is 19.0 Å². The molecule has 2 rings (SSSR count). The van der Waals surface area contributed by atoms with Gasteiger partial charge in [0.15, 0.2) is 6.29 Å². The summed E-state index contributed by atoms with van der Waals surface area (Å²) in [5.74, 6) is -2.44. The topological polar surface area (TPSA) is 163 Å². The van der Waals surface area contributed by atoms with Crippen molar-refractivity contribution in [2.75, 3.05) is 6.61 Å². The summed E-state index contributed by atoms with van der Waals surface area (Å²) in [4.78, 5) is 50.8. The van der Waals surface area contributed by atoms with Gasteiger partial charge in [0.25, 0.3) is 11.9 Å². The van der Waals surface area contributed by atoms with E-state index in [4.69, 9.17) is 38.7 Å². The maximum Gasteiger partial charge on any atom is 0.302 e. The van der Waals surface area contributed by atoms with Crippen molar-refractivity contribution in [3.63, 3.8) is 0 Å². The van der Waals surface area contributed by atoms with Crippen molar-refractivity contribution in [1.82, 2.24) is 0 Å². The second kappa shape index (κ2) is 16.3. The number of carboxylic acid groups (broad SMARTS) is 2.